The first kappa shape index (κ1) is 20.0. The number of nitrogens with zero attached hydrogens (tertiary/aromatic N) is 2. The number of aromatic nitrogens is 1. The smallest absolute Gasteiger partial charge is 0.308 e. The van der Waals surface area contributed by atoms with E-state index in [9.17, 15) is 9.59 Å². The Morgan fingerprint density at radius 2 is 1.84 bits per heavy atom. The number of ketones is 1. The van der Waals surface area contributed by atoms with E-state index < -0.39 is 0 Å². The minimum Gasteiger partial charge on any atom is -0.427 e. The zero-order valence-corrected chi connectivity index (χ0v) is 17.9. The Morgan fingerprint density at radius 3 is 2.58 bits per heavy atom. The van der Waals surface area contributed by atoms with E-state index in [1.165, 1.54) is 12.5 Å². The van der Waals surface area contributed by atoms with Crippen molar-refractivity contribution in [1.29, 1.82) is 0 Å². The maximum Gasteiger partial charge on any atom is 0.308 e. The van der Waals surface area contributed by atoms with Crippen molar-refractivity contribution in [2.45, 2.75) is 39.3 Å². The van der Waals surface area contributed by atoms with E-state index in [2.05, 4.69) is 39.8 Å². The Labute approximate surface area is 182 Å². The Balaban J connectivity index is 1.20. The van der Waals surface area contributed by atoms with Crippen molar-refractivity contribution in [2.24, 2.45) is 11.8 Å². The molecule has 0 aliphatic carbocycles. The van der Waals surface area contributed by atoms with Crippen LogP contribution in [0, 0.1) is 11.8 Å². The number of ether oxygens (including phenoxy) is 1. The van der Waals surface area contributed by atoms with E-state index in [-0.39, 0.29) is 17.7 Å². The molecule has 5 heteroatoms. The summed E-state index contributed by atoms with van der Waals surface area (Å²) in [5, 5.41) is 0.953. The molecule has 1 unspecified atom stereocenters. The summed E-state index contributed by atoms with van der Waals surface area (Å²) in [6.45, 7) is 5.38. The van der Waals surface area contributed by atoms with Gasteiger partial charge >= 0.3 is 5.97 Å². The van der Waals surface area contributed by atoms with Crippen molar-refractivity contribution in [3.05, 3.63) is 65.9 Å². The van der Waals surface area contributed by atoms with E-state index in [0.717, 1.165) is 62.0 Å². The number of likely N-dealkylation sites (tertiary alicyclic amines) is 1. The summed E-state index contributed by atoms with van der Waals surface area (Å²) in [5.41, 5.74) is 3.20. The second kappa shape index (κ2) is 8.31. The fourth-order valence-electron chi connectivity index (χ4n) is 5.20. The van der Waals surface area contributed by atoms with E-state index in [4.69, 9.17) is 4.74 Å². The van der Waals surface area contributed by atoms with Gasteiger partial charge in [-0.05, 0) is 68.1 Å². The molecule has 1 fully saturated rings. The van der Waals surface area contributed by atoms with Gasteiger partial charge in [0, 0.05) is 36.8 Å². The summed E-state index contributed by atoms with van der Waals surface area (Å²) in [6.07, 6.45) is 3.31. The predicted molar refractivity (Wildman–Crippen MR) is 120 cm³/mol. The fraction of sp³-hybridized carbons (Fsp3) is 0.385. The first-order valence-electron chi connectivity index (χ1n) is 11.2. The highest BCUT2D eigenvalue weighted by molar-refractivity contribution is 6.03. The highest BCUT2D eigenvalue weighted by Gasteiger charge is 2.34. The van der Waals surface area contributed by atoms with Crippen LogP contribution >= 0.6 is 0 Å². The molecule has 1 atom stereocenters. The van der Waals surface area contributed by atoms with Crippen LogP contribution in [0.1, 0.15) is 42.2 Å². The third-order valence-electron chi connectivity index (χ3n) is 6.73. The topological polar surface area (TPSA) is 51.5 Å². The van der Waals surface area contributed by atoms with Gasteiger partial charge in [-0.25, -0.2) is 0 Å². The molecule has 2 aliphatic heterocycles. The SMILES string of the molecule is CC(=O)Oc1ccc2c(c1)cc1n2CC(CC2CCN(Cc3ccccc3)CC2)C1=O. The Morgan fingerprint density at radius 1 is 1.06 bits per heavy atom. The van der Waals surface area contributed by atoms with Crippen molar-refractivity contribution < 1.29 is 14.3 Å². The van der Waals surface area contributed by atoms with Gasteiger partial charge in [0.1, 0.15) is 5.75 Å². The molecular weight excluding hydrogens is 388 g/mol. The number of esters is 1. The summed E-state index contributed by atoms with van der Waals surface area (Å²) < 4.78 is 7.32. The number of carbonyl (C=O) groups is 2. The first-order chi connectivity index (χ1) is 15.1. The predicted octanol–water partition coefficient (Wildman–Crippen LogP) is 4.68. The van der Waals surface area contributed by atoms with Gasteiger partial charge < -0.3 is 9.30 Å². The molecule has 3 aromatic rings. The number of piperidine rings is 1. The maximum absolute atomic E-state index is 13.1. The number of hydrogen-bond acceptors (Lipinski definition) is 4. The van der Waals surface area contributed by atoms with Crippen LogP contribution in [0.5, 0.6) is 5.75 Å². The van der Waals surface area contributed by atoms with Gasteiger partial charge in [0.2, 0.25) is 0 Å². The van der Waals surface area contributed by atoms with Crippen molar-refractivity contribution in [3.63, 3.8) is 0 Å². The van der Waals surface area contributed by atoms with Gasteiger partial charge in [-0.3, -0.25) is 14.5 Å². The molecule has 1 aromatic heterocycles. The second-order valence-corrected chi connectivity index (χ2v) is 8.96. The molecule has 0 N–H and O–H groups in total. The van der Waals surface area contributed by atoms with E-state index in [1.54, 1.807) is 6.07 Å². The van der Waals surface area contributed by atoms with E-state index in [0.29, 0.717) is 11.7 Å². The van der Waals surface area contributed by atoms with Crippen LogP contribution in [-0.2, 0) is 17.9 Å². The van der Waals surface area contributed by atoms with Gasteiger partial charge in [-0.15, -0.1) is 0 Å². The second-order valence-electron chi connectivity index (χ2n) is 8.96. The Hall–Kier alpha value is -2.92. The molecule has 1 saturated heterocycles. The number of fused-ring (bicyclic) bond motifs is 3. The van der Waals surface area contributed by atoms with Crippen LogP contribution in [0.4, 0.5) is 0 Å². The molecule has 3 heterocycles. The van der Waals surface area contributed by atoms with Crippen LogP contribution in [0.25, 0.3) is 10.9 Å². The van der Waals surface area contributed by atoms with Gasteiger partial charge in [0.15, 0.2) is 5.78 Å². The molecule has 160 valence electrons. The molecule has 31 heavy (non-hydrogen) atoms. The van der Waals surface area contributed by atoms with Crippen molar-refractivity contribution in [1.82, 2.24) is 9.47 Å². The van der Waals surface area contributed by atoms with Crippen LogP contribution in [0.3, 0.4) is 0 Å². The number of Topliss-reactive ketones (excluding diaryl/α,β-unsaturated/α-hetero) is 1. The molecule has 0 spiro atoms. The lowest BCUT2D eigenvalue weighted by atomic mass is 9.85. The minimum absolute atomic E-state index is 0.0817. The molecule has 0 amide bonds. The molecule has 2 aliphatic rings. The van der Waals surface area contributed by atoms with E-state index in [1.807, 2.05) is 18.2 Å². The van der Waals surface area contributed by atoms with Gasteiger partial charge in [-0.1, -0.05) is 30.3 Å². The zero-order valence-electron chi connectivity index (χ0n) is 17.9. The van der Waals surface area contributed by atoms with Crippen LogP contribution in [0.15, 0.2) is 54.6 Å². The highest BCUT2D eigenvalue weighted by atomic mass is 16.5. The third kappa shape index (κ3) is 4.15. The maximum atomic E-state index is 13.1. The highest BCUT2D eigenvalue weighted by Crippen LogP contribution is 2.35. The molecule has 2 aromatic carbocycles. The van der Waals surface area contributed by atoms with Crippen LogP contribution in [0.2, 0.25) is 0 Å². The Kier molecular flexibility index (Phi) is 5.36. The molecule has 0 saturated carbocycles. The molecule has 0 radical (unpaired) electrons. The normalized spacial score (nSPS) is 19.6. The average Bonchev–Trinajstić information content (AvgIpc) is 3.26. The summed E-state index contributed by atoms with van der Waals surface area (Å²) in [5.74, 6) is 1.15. The third-order valence-corrected chi connectivity index (χ3v) is 6.73. The van der Waals surface area contributed by atoms with Crippen molar-refractivity contribution >= 4 is 22.7 Å². The minimum atomic E-state index is -0.336. The molecule has 5 rings (SSSR count). The lowest BCUT2D eigenvalue weighted by molar-refractivity contribution is -0.131. The fourth-order valence-corrected chi connectivity index (χ4v) is 5.20. The number of benzene rings is 2. The monoisotopic (exact) mass is 416 g/mol. The Bertz CT molecular complexity index is 1110. The zero-order chi connectivity index (χ0) is 21.4. The summed E-state index contributed by atoms with van der Waals surface area (Å²) in [4.78, 5) is 26.8. The summed E-state index contributed by atoms with van der Waals surface area (Å²) >= 11 is 0. The van der Waals surface area contributed by atoms with Crippen molar-refractivity contribution in [3.8, 4) is 5.75 Å². The van der Waals surface area contributed by atoms with Crippen LogP contribution < -0.4 is 4.74 Å². The number of carbonyl (C=O) groups excluding carboxylic acids is 2. The quantitative estimate of drug-likeness (QED) is 0.448. The number of hydrogen-bond donors (Lipinski definition) is 0. The lowest BCUT2D eigenvalue weighted by Crippen LogP contribution is -2.34. The van der Waals surface area contributed by atoms with Gasteiger partial charge in [-0.2, -0.15) is 0 Å². The van der Waals surface area contributed by atoms with Gasteiger partial charge in [0.05, 0.1) is 5.69 Å². The molecular formula is C26H28N2O3. The van der Waals surface area contributed by atoms with Gasteiger partial charge in [0.25, 0.3) is 0 Å². The van der Waals surface area contributed by atoms with E-state index >= 15 is 0 Å². The summed E-state index contributed by atoms with van der Waals surface area (Å²) in [6, 6.07) is 18.2. The lowest BCUT2D eigenvalue weighted by Gasteiger charge is -2.32. The summed E-state index contributed by atoms with van der Waals surface area (Å²) in [7, 11) is 0. The average molecular weight is 417 g/mol. The number of rotatable bonds is 5. The molecule has 5 nitrogen and oxygen atoms in total. The largest absolute Gasteiger partial charge is 0.427 e. The van der Waals surface area contributed by atoms with Crippen molar-refractivity contribution in [2.75, 3.05) is 13.1 Å². The van der Waals surface area contributed by atoms with Crippen LogP contribution in [-0.4, -0.2) is 34.3 Å². The first-order valence-corrected chi connectivity index (χ1v) is 11.2. The molecule has 0 bridgehead atoms. The standard InChI is InChI=1S/C26H28N2O3/c1-18(29)31-23-7-8-24-21(14-23)15-25-26(30)22(17-28(24)25)13-19-9-11-27(12-10-19)16-20-5-3-2-4-6-20/h2-8,14-15,19,22H,9-13,16-17H2,1H3.